The molecule has 3 aromatic rings. The highest BCUT2D eigenvalue weighted by molar-refractivity contribution is 8.76. The Morgan fingerprint density at radius 2 is 1.17 bits per heavy atom. The summed E-state index contributed by atoms with van der Waals surface area (Å²) >= 11 is 0. The lowest BCUT2D eigenvalue weighted by atomic mass is 10.2. The molecule has 1 aromatic heterocycles. The van der Waals surface area contributed by atoms with Gasteiger partial charge in [-0.15, -0.1) is 0 Å². The number of nitrogens with zero attached hydrogens (tertiary/aromatic N) is 7. The van der Waals surface area contributed by atoms with Crippen LogP contribution in [0.2, 0.25) is 0 Å². The van der Waals surface area contributed by atoms with Gasteiger partial charge in [-0.25, -0.2) is 4.57 Å². The maximum atomic E-state index is 9.23. The molecule has 0 unspecified atom stereocenters. The lowest BCUT2D eigenvalue weighted by Gasteiger charge is -2.22. The van der Waals surface area contributed by atoms with Gasteiger partial charge in [0.2, 0.25) is 0 Å². The first-order valence-corrected chi connectivity index (χ1v) is 18.4. The number of allylic oxidation sites excluding steroid dienone is 2. The average molecular weight is 696 g/mol. The molecular formula is C34H47N8O4S2+. The normalized spacial score (nSPS) is 12.1. The number of aliphatic hydroxyl groups is 4. The number of aliphatic hydroxyl groups excluding tert-OH is 4. The minimum Gasteiger partial charge on any atom is -0.395 e. The fourth-order valence-corrected chi connectivity index (χ4v) is 6.26. The van der Waals surface area contributed by atoms with E-state index in [2.05, 4.69) is 30.3 Å². The lowest BCUT2D eigenvalue weighted by Crippen LogP contribution is -2.33. The Bertz CT molecular complexity index is 1410. The van der Waals surface area contributed by atoms with E-state index in [0.29, 0.717) is 26.2 Å². The van der Waals surface area contributed by atoms with Gasteiger partial charge in [0.1, 0.15) is 0 Å². The van der Waals surface area contributed by atoms with Crippen LogP contribution in [0.1, 0.15) is 6.92 Å². The van der Waals surface area contributed by atoms with Gasteiger partial charge in [-0.1, -0.05) is 27.7 Å². The van der Waals surface area contributed by atoms with Crippen molar-refractivity contribution in [2.75, 3.05) is 80.5 Å². The SMILES string of the molecule is CC=C(C=CNCCSSCC[n+]1ccc(N=Nc2ccc(N(CCO)CCO)cc2)cc1)N=Nc1ccc(N(CCO)CCO)cc1. The third kappa shape index (κ3) is 14.5. The number of aromatic nitrogens is 1. The summed E-state index contributed by atoms with van der Waals surface area (Å²) in [5, 5.41) is 57.5. The van der Waals surface area contributed by atoms with E-state index in [1.165, 1.54) is 0 Å². The van der Waals surface area contributed by atoms with Gasteiger partial charge in [0.25, 0.3) is 0 Å². The lowest BCUT2D eigenvalue weighted by molar-refractivity contribution is -0.692. The van der Waals surface area contributed by atoms with Crippen LogP contribution < -0.4 is 19.7 Å². The van der Waals surface area contributed by atoms with Gasteiger partial charge in [0.05, 0.1) is 54.9 Å². The average Bonchev–Trinajstić information content (AvgIpc) is 3.12. The van der Waals surface area contributed by atoms with Crippen molar-refractivity contribution >= 4 is 50.0 Å². The van der Waals surface area contributed by atoms with Crippen molar-refractivity contribution in [2.45, 2.75) is 13.5 Å². The molecule has 48 heavy (non-hydrogen) atoms. The summed E-state index contributed by atoms with van der Waals surface area (Å²) in [5.74, 6) is 1.94. The quantitative estimate of drug-likeness (QED) is 0.0298. The van der Waals surface area contributed by atoms with E-state index < -0.39 is 0 Å². The highest BCUT2D eigenvalue weighted by Gasteiger charge is 2.07. The maximum absolute atomic E-state index is 9.23. The molecule has 3 rings (SSSR count). The summed E-state index contributed by atoms with van der Waals surface area (Å²) in [7, 11) is 3.67. The Labute approximate surface area is 291 Å². The van der Waals surface area contributed by atoms with Crippen molar-refractivity contribution in [3.05, 3.63) is 97.1 Å². The molecule has 0 aliphatic carbocycles. The van der Waals surface area contributed by atoms with Gasteiger partial charge in [0.15, 0.2) is 18.9 Å². The number of benzene rings is 2. The van der Waals surface area contributed by atoms with E-state index in [-0.39, 0.29) is 26.4 Å². The first-order valence-electron chi connectivity index (χ1n) is 15.9. The molecule has 0 fully saturated rings. The highest BCUT2D eigenvalue weighted by atomic mass is 33.1. The summed E-state index contributed by atoms with van der Waals surface area (Å²) in [6.07, 6.45) is 9.69. The Morgan fingerprint density at radius 3 is 1.67 bits per heavy atom. The molecule has 0 saturated heterocycles. The molecule has 14 heteroatoms. The molecule has 0 amide bonds. The van der Waals surface area contributed by atoms with Gasteiger partial charge >= 0.3 is 0 Å². The standard InChI is InChI=1S/C34H47N8O4S2/c1-2-29(36-37-30-3-7-33(8-4-30)41(18-23-43)19-24-44)11-14-35-15-27-47-48-28-22-40-16-12-32(13-17-40)39-38-31-5-9-34(10-6-31)42(20-25-45)21-26-46/h2-14,16-17,35,43-46H,15,18-28H2,1H3/q+1. The Balaban J connectivity index is 1.30. The molecular weight excluding hydrogens is 649 g/mol. The third-order valence-corrected chi connectivity index (χ3v) is 9.25. The first-order chi connectivity index (χ1) is 23.6. The molecule has 0 aliphatic rings. The smallest absolute Gasteiger partial charge is 0.171 e. The topological polar surface area (TPSA) is 153 Å². The van der Waals surface area contributed by atoms with Crippen LogP contribution in [0.15, 0.2) is 118 Å². The van der Waals surface area contributed by atoms with E-state index in [9.17, 15) is 20.4 Å². The zero-order valence-corrected chi connectivity index (χ0v) is 29.0. The second kappa shape index (κ2) is 23.5. The summed E-state index contributed by atoms with van der Waals surface area (Å²) in [5.41, 5.74) is 4.81. The largest absolute Gasteiger partial charge is 0.395 e. The van der Waals surface area contributed by atoms with Gasteiger partial charge in [-0.2, -0.15) is 20.5 Å². The molecule has 258 valence electrons. The molecule has 0 saturated carbocycles. The fourth-order valence-electron chi connectivity index (χ4n) is 4.36. The van der Waals surface area contributed by atoms with Gasteiger partial charge < -0.3 is 35.5 Å². The van der Waals surface area contributed by atoms with E-state index in [1.807, 2.05) is 130 Å². The number of azo groups is 2. The molecule has 0 spiro atoms. The van der Waals surface area contributed by atoms with Crippen LogP contribution >= 0.6 is 21.6 Å². The van der Waals surface area contributed by atoms with Crippen LogP contribution in [-0.4, -0.2) is 91.1 Å². The number of rotatable bonds is 23. The summed E-state index contributed by atoms with van der Waals surface area (Å²) in [4.78, 5) is 3.83. The van der Waals surface area contributed by atoms with E-state index in [1.54, 1.807) is 0 Å². The predicted molar refractivity (Wildman–Crippen MR) is 197 cm³/mol. The number of hydrogen-bond donors (Lipinski definition) is 5. The molecule has 2 aromatic carbocycles. The van der Waals surface area contributed by atoms with Gasteiger partial charge in [-0.05, 0) is 67.7 Å². The van der Waals surface area contributed by atoms with Crippen LogP contribution in [0.25, 0.3) is 0 Å². The van der Waals surface area contributed by atoms with Gasteiger partial charge in [0, 0.05) is 62.0 Å². The molecule has 0 atom stereocenters. The Hall–Kier alpha value is -3.79. The zero-order valence-electron chi connectivity index (χ0n) is 27.4. The van der Waals surface area contributed by atoms with Crippen molar-refractivity contribution in [3.63, 3.8) is 0 Å². The van der Waals surface area contributed by atoms with Gasteiger partial charge in [-0.3, -0.25) is 0 Å². The Kier molecular flexibility index (Phi) is 18.9. The third-order valence-electron chi connectivity index (χ3n) is 6.86. The van der Waals surface area contributed by atoms with Crippen LogP contribution in [0.3, 0.4) is 0 Å². The zero-order chi connectivity index (χ0) is 34.2. The number of nitrogens with one attached hydrogen (secondary N) is 1. The maximum Gasteiger partial charge on any atom is 0.171 e. The number of hydrogen-bond acceptors (Lipinski definition) is 13. The second-order valence-corrected chi connectivity index (χ2v) is 12.9. The van der Waals surface area contributed by atoms with Crippen molar-refractivity contribution in [1.82, 2.24) is 5.32 Å². The first kappa shape index (κ1) is 38.7. The minimum absolute atomic E-state index is 0.0228. The van der Waals surface area contributed by atoms with Crippen molar-refractivity contribution in [3.8, 4) is 0 Å². The van der Waals surface area contributed by atoms with Crippen molar-refractivity contribution < 1.29 is 25.0 Å². The van der Waals surface area contributed by atoms with Crippen LogP contribution in [0.5, 0.6) is 0 Å². The minimum atomic E-state index is 0.0228. The van der Waals surface area contributed by atoms with E-state index >= 15 is 0 Å². The monoisotopic (exact) mass is 695 g/mol. The molecule has 0 bridgehead atoms. The molecule has 0 radical (unpaired) electrons. The molecule has 5 N–H and O–H groups in total. The Morgan fingerprint density at radius 1 is 0.688 bits per heavy atom. The fraction of sp³-hybridized carbons (Fsp3) is 0.382. The van der Waals surface area contributed by atoms with E-state index in [0.717, 1.165) is 58.7 Å². The second-order valence-electron chi connectivity index (χ2n) is 10.2. The summed E-state index contributed by atoms with van der Waals surface area (Å²) in [6, 6.07) is 19.0. The van der Waals surface area contributed by atoms with Crippen LogP contribution in [-0.2, 0) is 6.54 Å². The predicted octanol–water partition coefficient (Wildman–Crippen LogP) is 5.14. The van der Waals surface area contributed by atoms with Crippen LogP contribution in [0.4, 0.5) is 28.4 Å². The number of aryl methyl sites for hydroxylation is 1. The summed E-state index contributed by atoms with van der Waals surface area (Å²) < 4.78 is 2.13. The molecule has 12 nitrogen and oxygen atoms in total. The highest BCUT2D eigenvalue weighted by Crippen LogP contribution is 2.23. The van der Waals surface area contributed by atoms with Crippen molar-refractivity contribution in [2.24, 2.45) is 20.5 Å². The number of pyridine rings is 1. The van der Waals surface area contributed by atoms with Crippen molar-refractivity contribution in [1.29, 1.82) is 0 Å². The van der Waals surface area contributed by atoms with Crippen LogP contribution in [0, 0.1) is 0 Å². The number of anilines is 2. The van der Waals surface area contributed by atoms with E-state index in [4.69, 9.17) is 0 Å². The summed E-state index contributed by atoms with van der Waals surface area (Å²) in [6.45, 7) is 5.59. The molecule has 1 heterocycles. The molecule has 0 aliphatic heterocycles.